The standard InChI is InChI=1S/C27H30Cl2N4/c28-22-9-5-20(6-10-22)26-27(21-7-11-23(29)12-8-21)31-25(19-30-26)33-17-13-24(14-18-33)32-15-3-1-2-4-16-32/h5-12,19,24H,1-4,13-18H2. The molecule has 0 radical (unpaired) electrons. The number of hydrogen-bond donors (Lipinski definition) is 0. The second-order valence-corrected chi connectivity index (χ2v) is 9.98. The smallest absolute Gasteiger partial charge is 0.147 e. The maximum atomic E-state index is 6.15. The molecule has 5 rings (SSSR count). The molecule has 2 aliphatic heterocycles. The molecule has 0 amide bonds. The Morgan fingerprint density at radius 3 is 1.79 bits per heavy atom. The van der Waals surface area contributed by atoms with E-state index < -0.39 is 0 Å². The summed E-state index contributed by atoms with van der Waals surface area (Å²) >= 11 is 12.3. The van der Waals surface area contributed by atoms with Gasteiger partial charge in [-0.1, -0.05) is 60.3 Å². The molecule has 0 aliphatic carbocycles. The zero-order valence-corrected chi connectivity index (χ0v) is 20.4. The molecule has 0 atom stereocenters. The van der Waals surface area contributed by atoms with E-state index in [2.05, 4.69) is 9.80 Å². The number of rotatable bonds is 4. The summed E-state index contributed by atoms with van der Waals surface area (Å²) in [6.45, 7) is 4.58. The Balaban J connectivity index is 1.40. The molecule has 0 bridgehead atoms. The highest BCUT2D eigenvalue weighted by molar-refractivity contribution is 6.31. The van der Waals surface area contributed by atoms with Crippen LogP contribution in [-0.2, 0) is 0 Å². The Kier molecular flexibility index (Phi) is 7.15. The fraction of sp³-hybridized carbons (Fsp3) is 0.407. The Hall–Kier alpha value is -2.14. The average molecular weight is 481 g/mol. The lowest BCUT2D eigenvalue weighted by Gasteiger charge is -2.38. The number of piperidine rings is 1. The van der Waals surface area contributed by atoms with Gasteiger partial charge in [-0.25, -0.2) is 4.98 Å². The third-order valence-electron chi connectivity index (χ3n) is 6.94. The number of aromatic nitrogens is 2. The van der Waals surface area contributed by atoms with Crippen molar-refractivity contribution < 1.29 is 0 Å². The summed E-state index contributed by atoms with van der Waals surface area (Å²) in [6, 6.07) is 16.3. The van der Waals surface area contributed by atoms with Gasteiger partial charge in [0.25, 0.3) is 0 Å². The van der Waals surface area contributed by atoms with Gasteiger partial charge < -0.3 is 9.80 Å². The summed E-state index contributed by atoms with van der Waals surface area (Å²) in [5.74, 6) is 0.951. The molecule has 172 valence electrons. The lowest BCUT2D eigenvalue weighted by atomic mass is 10.0. The van der Waals surface area contributed by atoms with E-state index in [-0.39, 0.29) is 0 Å². The number of nitrogens with zero attached hydrogens (tertiary/aromatic N) is 4. The van der Waals surface area contributed by atoms with Gasteiger partial charge in [-0.05, 0) is 63.0 Å². The van der Waals surface area contributed by atoms with Crippen LogP contribution in [0.2, 0.25) is 10.0 Å². The number of likely N-dealkylation sites (tertiary alicyclic amines) is 1. The Morgan fingerprint density at radius 2 is 1.21 bits per heavy atom. The number of halogens is 2. The average Bonchev–Trinajstić information content (AvgIpc) is 3.15. The Labute approximate surface area is 206 Å². The zero-order chi connectivity index (χ0) is 22.6. The van der Waals surface area contributed by atoms with Crippen molar-refractivity contribution in [1.29, 1.82) is 0 Å². The molecule has 0 unspecified atom stereocenters. The molecule has 0 N–H and O–H groups in total. The second-order valence-electron chi connectivity index (χ2n) is 9.11. The van der Waals surface area contributed by atoms with Gasteiger partial charge in [-0.2, -0.15) is 0 Å². The molecule has 6 heteroatoms. The molecule has 3 aromatic rings. The third-order valence-corrected chi connectivity index (χ3v) is 7.44. The molecule has 1 aromatic heterocycles. The third kappa shape index (κ3) is 5.34. The molecule has 2 aliphatic rings. The van der Waals surface area contributed by atoms with Crippen molar-refractivity contribution in [2.75, 3.05) is 31.1 Å². The van der Waals surface area contributed by atoms with Crippen LogP contribution in [-0.4, -0.2) is 47.1 Å². The maximum absolute atomic E-state index is 6.15. The normalized spacial score (nSPS) is 18.3. The quantitative estimate of drug-likeness (QED) is 0.403. The minimum absolute atomic E-state index is 0.705. The first kappa shape index (κ1) is 22.6. The number of hydrogen-bond acceptors (Lipinski definition) is 4. The molecule has 0 spiro atoms. The van der Waals surface area contributed by atoms with Gasteiger partial charge in [0, 0.05) is 40.3 Å². The van der Waals surface area contributed by atoms with Crippen molar-refractivity contribution in [1.82, 2.24) is 14.9 Å². The van der Waals surface area contributed by atoms with Crippen LogP contribution in [0.5, 0.6) is 0 Å². The zero-order valence-electron chi connectivity index (χ0n) is 18.9. The van der Waals surface area contributed by atoms with E-state index in [1.165, 1.54) is 51.6 Å². The summed E-state index contributed by atoms with van der Waals surface area (Å²) in [7, 11) is 0. The van der Waals surface area contributed by atoms with Crippen molar-refractivity contribution in [2.24, 2.45) is 0 Å². The predicted molar refractivity (Wildman–Crippen MR) is 138 cm³/mol. The summed E-state index contributed by atoms with van der Waals surface area (Å²) in [5.41, 5.74) is 3.75. The van der Waals surface area contributed by atoms with Crippen LogP contribution in [0.15, 0.2) is 54.7 Å². The van der Waals surface area contributed by atoms with Crippen molar-refractivity contribution >= 4 is 29.0 Å². The highest BCUT2D eigenvalue weighted by atomic mass is 35.5. The van der Waals surface area contributed by atoms with Crippen LogP contribution < -0.4 is 4.90 Å². The first-order chi connectivity index (χ1) is 16.2. The monoisotopic (exact) mass is 480 g/mol. The molecule has 33 heavy (non-hydrogen) atoms. The lowest BCUT2D eigenvalue weighted by molar-refractivity contribution is 0.175. The highest BCUT2D eigenvalue weighted by Gasteiger charge is 2.26. The van der Waals surface area contributed by atoms with Gasteiger partial charge in [0.1, 0.15) is 5.82 Å². The van der Waals surface area contributed by atoms with E-state index in [0.29, 0.717) is 16.1 Å². The van der Waals surface area contributed by atoms with Crippen molar-refractivity contribution in [3.63, 3.8) is 0 Å². The highest BCUT2D eigenvalue weighted by Crippen LogP contribution is 2.33. The predicted octanol–water partition coefficient (Wildman–Crippen LogP) is 6.96. The first-order valence-electron chi connectivity index (χ1n) is 12.1. The topological polar surface area (TPSA) is 32.3 Å². The first-order valence-corrected chi connectivity index (χ1v) is 12.8. The van der Waals surface area contributed by atoms with E-state index in [0.717, 1.165) is 41.4 Å². The molecular formula is C27H30Cl2N4. The molecule has 3 heterocycles. The summed E-state index contributed by atoms with van der Waals surface area (Å²) in [6.07, 6.45) is 9.78. The maximum Gasteiger partial charge on any atom is 0.147 e. The molecular weight excluding hydrogens is 451 g/mol. The number of benzene rings is 2. The molecule has 2 saturated heterocycles. The van der Waals surface area contributed by atoms with Crippen LogP contribution in [0, 0.1) is 0 Å². The van der Waals surface area contributed by atoms with Gasteiger partial charge in [-0.15, -0.1) is 0 Å². The summed E-state index contributed by atoms with van der Waals surface area (Å²) in [4.78, 5) is 15.1. The SMILES string of the molecule is Clc1ccc(-c2ncc(N3CCC(N4CCCCCC4)CC3)nc2-c2ccc(Cl)cc2)cc1. The Morgan fingerprint density at radius 1 is 0.667 bits per heavy atom. The van der Waals surface area contributed by atoms with Crippen molar-refractivity contribution in [3.8, 4) is 22.5 Å². The van der Waals surface area contributed by atoms with Gasteiger partial charge >= 0.3 is 0 Å². The van der Waals surface area contributed by atoms with Crippen LogP contribution in [0.25, 0.3) is 22.5 Å². The van der Waals surface area contributed by atoms with Gasteiger partial charge in [0.05, 0.1) is 17.6 Å². The fourth-order valence-corrected chi connectivity index (χ4v) is 5.33. The summed E-state index contributed by atoms with van der Waals surface area (Å²) < 4.78 is 0. The van der Waals surface area contributed by atoms with Crippen molar-refractivity contribution in [3.05, 3.63) is 64.8 Å². The fourth-order valence-electron chi connectivity index (χ4n) is 5.08. The Bertz CT molecular complexity index is 1050. The van der Waals surface area contributed by atoms with E-state index >= 15 is 0 Å². The van der Waals surface area contributed by atoms with Crippen LogP contribution in [0.4, 0.5) is 5.82 Å². The van der Waals surface area contributed by atoms with Gasteiger partial charge in [0.2, 0.25) is 0 Å². The van der Waals surface area contributed by atoms with E-state index in [1.807, 2.05) is 54.7 Å². The second kappa shape index (κ2) is 10.4. The van der Waals surface area contributed by atoms with E-state index in [4.69, 9.17) is 33.2 Å². The lowest BCUT2D eigenvalue weighted by Crippen LogP contribution is -2.45. The molecule has 0 saturated carbocycles. The number of anilines is 1. The molecule has 2 fully saturated rings. The van der Waals surface area contributed by atoms with Gasteiger partial charge in [-0.3, -0.25) is 4.98 Å². The van der Waals surface area contributed by atoms with E-state index in [1.54, 1.807) is 0 Å². The summed E-state index contributed by atoms with van der Waals surface area (Å²) in [5, 5.41) is 1.43. The van der Waals surface area contributed by atoms with Crippen LogP contribution in [0.1, 0.15) is 38.5 Å². The van der Waals surface area contributed by atoms with Crippen LogP contribution >= 0.6 is 23.2 Å². The van der Waals surface area contributed by atoms with Crippen LogP contribution in [0.3, 0.4) is 0 Å². The van der Waals surface area contributed by atoms with E-state index in [9.17, 15) is 0 Å². The largest absolute Gasteiger partial charge is 0.355 e. The van der Waals surface area contributed by atoms with Gasteiger partial charge in [0.15, 0.2) is 0 Å². The van der Waals surface area contributed by atoms with Crippen molar-refractivity contribution in [2.45, 2.75) is 44.6 Å². The minimum atomic E-state index is 0.705. The minimum Gasteiger partial charge on any atom is -0.355 e. The molecule has 4 nitrogen and oxygen atoms in total. The molecule has 2 aromatic carbocycles.